The number of rotatable bonds is 5. The summed E-state index contributed by atoms with van der Waals surface area (Å²) < 4.78 is 0. The number of hydrogen-bond acceptors (Lipinski definition) is 2. The molecule has 2 aliphatic carbocycles. The molecule has 2 saturated carbocycles. The molecule has 0 aromatic rings. The van der Waals surface area contributed by atoms with Gasteiger partial charge in [0.25, 0.3) is 0 Å². The van der Waals surface area contributed by atoms with Gasteiger partial charge in [-0.15, -0.1) is 0 Å². The first-order chi connectivity index (χ1) is 8.83. The Balaban J connectivity index is 1.34. The molecule has 3 rings (SSSR count). The second kappa shape index (κ2) is 5.92. The molecule has 104 valence electrons. The van der Waals surface area contributed by atoms with Crippen molar-refractivity contribution in [2.45, 2.75) is 57.9 Å². The SMILES string of the molecule is CC(CNCC1CC2CCC1C2)N1CCCCC1. The van der Waals surface area contributed by atoms with Crippen LogP contribution in [0.15, 0.2) is 0 Å². The van der Waals surface area contributed by atoms with Gasteiger partial charge in [0, 0.05) is 12.6 Å². The fourth-order valence-corrected chi connectivity index (χ4v) is 4.59. The highest BCUT2D eigenvalue weighted by Gasteiger charge is 2.38. The fraction of sp³-hybridized carbons (Fsp3) is 1.00. The lowest BCUT2D eigenvalue weighted by atomic mass is 9.89. The summed E-state index contributed by atoms with van der Waals surface area (Å²) in [7, 11) is 0. The minimum atomic E-state index is 0.740. The van der Waals surface area contributed by atoms with Crippen LogP contribution < -0.4 is 5.32 Å². The molecule has 1 aliphatic heterocycles. The molecule has 4 unspecified atom stereocenters. The summed E-state index contributed by atoms with van der Waals surface area (Å²) >= 11 is 0. The first kappa shape index (κ1) is 12.9. The third-order valence-electron chi connectivity index (χ3n) is 5.74. The minimum Gasteiger partial charge on any atom is -0.315 e. The van der Waals surface area contributed by atoms with Crippen molar-refractivity contribution in [1.29, 1.82) is 0 Å². The molecule has 1 heterocycles. The van der Waals surface area contributed by atoms with E-state index in [4.69, 9.17) is 0 Å². The fourth-order valence-electron chi connectivity index (χ4n) is 4.59. The molecule has 0 aromatic carbocycles. The van der Waals surface area contributed by atoms with Crippen LogP contribution in [-0.2, 0) is 0 Å². The van der Waals surface area contributed by atoms with E-state index >= 15 is 0 Å². The molecule has 1 saturated heterocycles. The van der Waals surface area contributed by atoms with Gasteiger partial charge in [0.15, 0.2) is 0 Å². The quantitative estimate of drug-likeness (QED) is 0.807. The lowest BCUT2D eigenvalue weighted by molar-refractivity contribution is 0.168. The maximum atomic E-state index is 3.77. The van der Waals surface area contributed by atoms with Gasteiger partial charge in [0.2, 0.25) is 0 Å². The smallest absolute Gasteiger partial charge is 0.0192 e. The van der Waals surface area contributed by atoms with Crippen LogP contribution in [0.2, 0.25) is 0 Å². The van der Waals surface area contributed by atoms with E-state index in [0.29, 0.717) is 0 Å². The first-order valence-electron chi connectivity index (χ1n) is 8.27. The number of nitrogens with zero attached hydrogens (tertiary/aromatic N) is 1. The van der Waals surface area contributed by atoms with Crippen molar-refractivity contribution in [2.75, 3.05) is 26.2 Å². The van der Waals surface area contributed by atoms with Gasteiger partial charge in [-0.3, -0.25) is 4.90 Å². The van der Waals surface area contributed by atoms with E-state index in [0.717, 1.165) is 23.8 Å². The molecule has 4 atom stereocenters. The van der Waals surface area contributed by atoms with Crippen molar-refractivity contribution in [3.05, 3.63) is 0 Å². The number of hydrogen-bond donors (Lipinski definition) is 1. The maximum Gasteiger partial charge on any atom is 0.0192 e. The van der Waals surface area contributed by atoms with Crippen LogP contribution in [0.4, 0.5) is 0 Å². The van der Waals surface area contributed by atoms with E-state index in [1.165, 1.54) is 64.7 Å². The van der Waals surface area contributed by atoms with Gasteiger partial charge in [0.05, 0.1) is 0 Å². The number of piperidine rings is 1. The third-order valence-corrected chi connectivity index (χ3v) is 5.74. The minimum absolute atomic E-state index is 0.740. The average Bonchev–Trinajstić information content (AvgIpc) is 3.02. The summed E-state index contributed by atoms with van der Waals surface area (Å²) in [4.78, 5) is 2.68. The van der Waals surface area contributed by atoms with E-state index < -0.39 is 0 Å². The topological polar surface area (TPSA) is 15.3 Å². The zero-order valence-corrected chi connectivity index (χ0v) is 12.0. The van der Waals surface area contributed by atoms with E-state index in [-0.39, 0.29) is 0 Å². The van der Waals surface area contributed by atoms with E-state index in [1.807, 2.05) is 0 Å². The summed E-state index contributed by atoms with van der Waals surface area (Å²) in [5, 5.41) is 3.77. The second-order valence-corrected chi connectivity index (χ2v) is 7.04. The molecule has 0 radical (unpaired) electrons. The number of fused-ring (bicyclic) bond motifs is 2. The lowest BCUT2D eigenvalue weighted by Gasteiger charge is -2.33. The van der Waals surface area contributed by atoms with Gasteiger partial charge < -0.3 is 5.32 Å². The van der Waals surface area contributed by atoms with Gasteiger partial charge in [-0.25, -0.2) is 0 Å². The number of nitrogens with one attached hydrogen (secondary N) is 1. The van der Waals surface area contributed by atoms with Crippen LogP contribution in [0.3, 0.4) is 0 Å². The van der Waals surface area contributed by atoms with Crippen LogP contribution in [0.25, 0.3) is 0 Å². The zero-order chi connectivity index (χ0) is 12.4. The Kier molecular flexibility index (Phi) is 4.25. The Morgan fingerprint density at radius 2 is 1.94 bits per heavy atom. The Bertz CT molecular complexity index is 260. The molecular weight excluding hydrogens is 220 g/mol. The molecule has 0 aromatic heterocycles. The maximum absolute atomic E-state index is 3.77. The van der Waals surface area contributed by atoms with Crippen molar-refractivity contribution in [1.82, 2.24) is 10.2 Å². The normalized spacial score (nSPS) is 38.2. The van der Waals surface area contributed by atoms with Gasteiger partial charge in [-0.05, 0) is 76.4 Å². The summed E-state index contributed by atoms with van der Waals surface area (Å²) in [5.74, 6) is 3.19. The van der Waals surface area contributed by atoms with E-state index in [2.05, 4.69) is 17.1 Å². The summed E-state index contributed by atoms with van der Waals surface area (Å²) in [6.45, 7) is 7.56. The Morgan fingerprint density at radius 1 is 1.11 bits per heavy atom. The van der Waals surface area contributed by atoms with Gasteiger partial charge in [-0.1, -0.05) is 12.8 Å². The summed E-state index contributed by atoms with van der Waals surface area (Å²) in [5.41, 5.74) is 0. The molecule has 2 bridgehead atoms. The van der Waals surface area contributed by atoms with Gasteiger partial charge in [0.1, 0.15) is 0 Å². The summed E-state index contributed by atoms with van der Waals surface area (Å²) in [6, 6.07) is 0.740. The van der Waals surface area contributed by atoms with Crippen LogP contribution in [0, 0.1) is 17.8 Å². The largest absolute Gasteiger partial charge is 0.315 e. The van der Waals surface area contributed by atoms with Crippen molar-refractivity contribution in [3.8, 4) is 0 Å². The van der Waals surface area contributed by atoms with Crippen LogP contribution >= 0.6 is 0 Å². The van der Waals surface area contributed by atoms with Gasteiger partial charge in [-0.2, -0.15) is 0 Å². The predicted molar refractivity (Wildman–Crippen MR) is 76.7 cm³/mol. The molecule has 2 nitrogen and oxygen atoms in total. The molecule has 3 fully saturated rings. The molecule has 0 amide bonds. The average molecular weight is 250 g/mol. The van der Waals surface area contributed by atoms with Gasteiger partial charge >= 0.3 is 0 Å². The standard InChI is InChI=1S/C16H30N2/c1-13(18-7-3-2-4-8-18)11-17-12-16-10-14-5-6-15(16)9-14/h13-17H,2-12H2,1H3. The third kappa shape index (κ3) is 2.91. The Labute approximate surface area is 113 Å². The van der Waals surface area contributed by atoms with E-state index in [9.17, 15) is 0 Å². The van der Waals surface area contributed by atoms with Crippen LogP contribution in [0.1, 0.15) is 51.9 Å². The highest BCUT2D eigenvalue weighted by atomic mass is 15.2. The molecule has 1 N–H and O–H groups in total. The van der Waals surface area contributed by atoms with Crippen molar-refractivity contribution < 1.29 is 0 Å². The monoisotopic (exact) mass is 250 g/mol. The molecule has 2 heteroatoms. The van der Waals surface area contributed by atoms with Crippen LogP contribution in [0.5, 0.6) is 0 Å². The molecule has 3 aliphatic rings. The highest BCUT2D eigenvalue weighted by Crippen LogP contribution is 2.47. The zero-order valence-electron chi connectivity index (χ0n) is 12.0. The van der Waals surface area contributed by atoms with E-state index in [1.54, 1.807) is 6.42 Å². The highest BCUT2D eigenvalue weighted by molar-refractivity contribution is 4.91. The summed E-state index contributed by atoms with van der Waals surface area (Å²) in [6.07, 6.45) is 10.4. The molecule has 0 spiro atoms. The first-order valence-corrected chi connectivity index (χ1v) is 8.27. The molecular formula is C16H30N2. The molecule has 18 heavy (non-hydrogen) atoms. The number of likely N-dealkylation sites (tertiary alicyclic amines) is 1. The van der Waals surface area contributed by atoms with Crippen molar-refractivity contribution in [2.24, 2.45) is 17.8 Å². The lowest BCUT2D eigenvalue weighted by Crippen LogP contribution is -2.44. The Morgan fingerprint density at radius 3 is 2.61 bits per heavy atom. The van der Waals surface area contributed by atoms with Crippen molar-refractivity contribution in [3.63, 3.8) is 0 Å². The van der Waals surface area contributed by atoms with Crippen molar-refractivity contribution >= 4 is 0 Å². The second-order valence-electron chi connectivity index (χ2n) is 7.04. The van der Waals surface area contributed by atoms with Crippen LogP contribution in [-0.4, -0.2) is 37.1 Å². The predicted octanol–water partition coefficient (Wildman–Crippen LogP) is 2.89. The Hall–Kier alpha value is -0.0800.